The van der Waals surface area contributed by atoms with Crippen molar-refractivity contribution in [3.63, 3.8) is 0 Å². The van der Waals surface area contributed by atoms with Crippen LogP contribution in [-0.2, 0) is 0 Å². The summed E-state index contributed by atoms with van der Waals surface area (Å²) in [6, 6.07) is 0.766. The summed E-state index contributed by atoms with van der Waals surface area (Å²) in [6.45, 7) is 14.3. The largest absolute Gasteiger partial charge is 0.314 e. The Morgan fingerprint density at radius 2 is 2.06 bits per heavy atom. The van der Waals surface area contributed by atoms with Crippen LogP contribution >= 0.6 is 0 Å². The van der Waals surface area contributed by atoms with Gasteiger partial charge < -0.3 is 10.2 Å². The first-order valence-electron chi connectivity index (χ1n) is 7.66. The van der Waals surface area contributed by atoms with Crippen LogP contribution in [-0.4, -0.2) is 37.1 Å². The Morgan fingerprint density at radius 3 is 2.65 bits per heavy atom. The van der Waals surface area contributed by atoms with Crippen LogP contribution in [0.15, 0.2) is 0 Å². The highest BCUT2D eigenvalue weighted by atomic mass is 15.1. The van der Waals surface area contributed by atoms with E-state index in [1.165, 1.54) is 45.3 Å². The summed E-state index contributed by atoms with van der Waals surface area (Å²) in [5.41, 5.74) is 0. The van der Waals surface area contributed by atoms with E-state index >= 15 is 0 Å². The summed E-state index contributed by atoms with van der Waals surface area (Å²) in [5, 5.41) is 3.66. The molecule has 0 radical (unpaired) electrons. The van der Waals surface area contributed by atoms with Crippen LogP contribution in [0, 0.1) is 11.8 Å². The van der Waals surface area contributed by atoms with Crippen LogP contribution in [0.5, 0.6) is 0 Å². The number of hydrogen-bond donors (Lipinski definition) is 1. The molecule has 1 aliphatic rings. The SMILES string of the molecule is CCCC(C)CN1CCC(NCC)C(CC)C1. The zero-order valence-electron chi connectivity index (χ0n) is 12.3. The number of piperidine rings is 1. The molecular weight excluding hydrogens is 208 g/mol. The van der Waals surface area contributed by atoms with Crippen molar-refractivity contribution >= 4 is 0 Å². The van der Waals surface area contributed by atoms with Crippen molar-refractivity contribution in [1.82, 2.24) is 10.2 Å². The van der Waals surface area contributed by atoms with E-state index in [-0.39, 0.29) is 0 Å². The van der Waals surface area contributed by atoms with Crippen LogP contribution in [0.4, 0.5) is 0 Å². The van der Waals surface area contributed by atoms with Gasteiger partial charge in [0.05, 0.1) is 0 Å². The summed E-state index contributed by atoms with van der Waals surface area (Å²) in [7, 11) is 0. The normalized spacial score (nSPS) is 28.2. The van der Waals surface area contributed by atoms with E-state index in [1.54, 1.807) is 0 Å². The molecular formula is C15H32N2. The molecule has 1 aliphatic heterocycles. The Morgan fingerprint density at radius 1 is 1.29 bits per heavy atom. The molecule has 1 saturated heterocycles. The average Bonchev–Trinajstić information content (AvgIpc) is 2.31. The molecule has 0 aromatic rings. The Kier molecular flexibility index (Phi) is 7.14. The van der Waals surface area contributed by atoms with Crippen molar-refractivity contribution in [2.24, 2.45) is 11.8 Å². The minimum atomic E-state index is 0.766. The Balaban J connectivity index is 2.36. The second kappa shape index (κ2) is 8.10. The zero-order valence-corrected chi connectivity index (χ0v) is 12.3. The molecule has 1 N–H and O–H groups in total. The van der Waals surface area contributed by atoms with Gasteiger partial charge in [0.2, 0.25) is 0 Å². The van der Waals surface area contributed by atoms with E-state index < -0.39 is 0 Å². The molecule has 0 aromatic carbocycles. The topological polar surface area (TPSA) is 15.3 Å². The lowest BCUT2D eigenvalue weighted by atomic mass is 9.89. The van der Waals surface area contributed by atoms with Gasteiger partial charge in [-0.3, -0.25) is 0 Å². The summed E-state index contributed by atoms with van der Waals surface area (Å²) >= 11 is 0. The van der Waals surface area contributed by atoms with Gasteiger partial charge in [0.25, 0.3) is 0 Å². The Labute approximate surface area is 108 Å². The van der Waals surface area contributed by atoms with Crippen LogP contribution in [0.3, 0.4) is 0 Å². The van der Waals surface area contributed by atoms with Gasteiger partial charge in [0.15, 0.2) is 0 Å². The molecule has 1 fully saturated rings. The first-order valence-corrected chi connectivity index (χ1v) is 7.66. The first kappa shape index (κ1) is 15.0. The van der Waals surface area contributed by atoms with E-state index in [4.69, 9.17) is 0 Å². The number of likely N-dealkylation sites (tertiary alicyclic amines) is 1. The van der Waals surface area contributed by atoms with E-state index in [0.29, 0.717) is 0 Å². The van der Waals surface area contributed by atoms with E-state index in [1.807, 2.05) is 0 Å². The molecule has 0 aliphatic carbocycles. The van der Waals surface area contributed by atoms with Crippen LogP contribution in [0.1, 0.15) is 53.4 Å². The predicted molar refractivity (Wildman–Crippen MR) is 76.4 cm³/mol. The highest BCUT2D eigenvalue weighted by Gasteiger charge is 2.27. The number of hydrogen-bond acceptors (Lipinski definition) is 2. The fourth-order valence-corrected chi connectivity index (χ4v) is 3.24. The fourth-order valence-electron chi connectivity index (χ4n) is 3.24. The minimum Gasteiger partial charge on any atom is -0.314 e. The van der Waals surface area contributed by atoms with E-state index in [9.17, 15) is 0 Å². The maximum absolute atomic E-state index is 3.66. The molecule has 3 atom stereocenters. The van der Waals surface area contributed by atoms with E-state index in [2.05, 4.69) is 37.9 Å². The summed E-state index contributed by atoms with van der Waals surface area (Å²) < 4.78 is 0. The summed E-state index contributed by atoms with van der Waals surface area (Å²) in [4.78, 5) is 2.70. The van der Waals surface area contributed by atoms with Gasteiger partial charge >= 0.3 is 0 Å². The van der Waals surface area contributed by atoms with Crippen molar-refractivity contribution in [3.8, 4) is 0 Å². The lowest BCUT2D eigenvalue weighted by Crippen LogP contribution is -2.49. The van der Waals surface area contributed by atoms with Gasteiger partial charge in [0, 0.05) is 19.1 Å². The molecule has 0 amide bonds. The number of rotatable bonds is 7. The van der Waals surface area contributed by atoms with Gasteiger partial charge in [-0.05, 0) is 37.8 Å². The Hall–Kier alpha value is -0.0800. The molecule has 1 rings (SSSR count). The van der Waals surface area contributed by atoms with Crippen LogP contribution in [0.2, 0.25) is 0 Å². The second-order valence-electron chi connectivity index (χ2n) is 5.77. The van der Waals surface area contributed by atoms with Crippen molar-refractivity contribution in [3.05, 3.63) is 0 Å². The van der Waals surface area contributed by atoms with Crippen molar-refractivity contribution in [2.45, 2.75) is 59.4 Å². The molecule has 2 nitrogen and oxygen atoms in total. The molecule has 2 heteroatoms. The quantitative estimate of drug-likeness (QED) is 0.735. The third-order valence-electron chi connectivity index (χ3n) is 4.16. The Bertz CT molecular complexity index is 193. The van der Waals surface area contributed by atoms with Gasteiger partial charge in [0.1, 0.15) is 0 Å². The third kappa shape index (κ3) is 4.97. The average molecular weight is 240 g/mol. The maximum atomic E-state index is 3.66. The highest BCUT2D eigenvalue weighted by Crippen LogP contribution is 2.21. The molecule has 17 heavy (non-hydrogen) atoms. The van der Waals surface area contributed by atoms with Gasteiger partial charge in [-0.1, -0.05) is 40.5 Å². The van der Waals surface area contributed by atoms with Gasteiger partial charge in [-0.2, -0.15) is 0 Å². The van der Waals surface area contributed by atoms with Gasteiger partial charge in [-0.25, -0.2) is 0 Å². The number of nitrogens with one attached hydrogen (secondary N) is 1. The summed E-state index contributed by atoms with van der Waals surface area (Å²) in [6.07, 6.45) is 5.36. The van der Waals surface area contributed by atoms with E-state index in [0.717, 1.165) is 24.4 Å². The third-order valence-corrected chi connectivity index (χ3v) is 4.16. The molecule has 3 unspecified atom stereocenters. The molecule has 0 spiro atoms. The van der Waals surface area contributed by atoms with Crippen molar-refractivity contribution in [1.29, 1.82) is 0 Å². The van der Waals surface area contributed by atoms with Gasteiger partial charge in [-0.15, -0.1) is 0 Å². The molecule has 0 saturated carbocycles. The maximum Gasteiger partial charge on any atom is 0.0119 e. The van der Waals surface area contributed by atoms with Crippen molar-refractivity contribution < 1.29 is 0 Å². The van der Waals surface area contributed by atoms with Crippen LogP contribution < -0.4 is 5.32 Å². The van der Waals surface area contributed by atoms with Crippen LogP contribution in [0.25, 0.3) is 0 Å². The molecule has 102 valence electrons. The fraction of sp³-hybridized carbons (Fsp3) is 1.00. The smallest absolute Gasteiger partial charge is 0.0119 e. The molecule has 0 bridgehead atoms. The zero-order chi connectivity index (χ0) is 12.7. The highest BCUT2D eigenvalue weighted by molar-refractivity contribution is 4.84. The van der Waals surface area contributed by atoms with Crippen molar-refractivity contribution in [2.75, 3.05) is 26.2 Å². The minimum absolute atomic E-state index is 0.766. The first-order chi connectivity index (χ1) is 8.21. The summed E-state index contributed by atoms with van der Waals surface area (Å²) in [5.74, 6) is 1.73. The second-order valence-corrected chi connectivity index (χ2v) is 5.77. The lowest BCUT2D eigenvalue weighted by molar-refractivity contribution is 0.120. The lowest BCUT2D eigenvalue weighted by Gasteiger charge is -2.39. The number of nitrogens with zero attached hydrogens (tertiary/aromatic N) is 1. The predicted octanol–water partition coefficient (Wildman–Crippen LogP) is 3.13. The molecule has 1 heterocycles. The monoisotopic (exact) mass is 240 g/mol. The molecule has 0 aromatic heterocycles. The standard InChI is InChI=1S/C15H32N2/c1-5-8-13(4)11-17-10-9-15(16-7-3)14(6-2)12-17/h13-16H,5-12H2,1-4H3.